The molecule has 0 aromatic rings. The molecule has 1 aliphatic heterocycles. The molecule has 2 nitrogen and oxygen atoms in total. The summed E-state index contributed by atoms with van der Waals surface area (Å²) in [6, 6.07) is 0. The largest absolute Gasteiger partial charge is 0.356 e. The third kappa shape index (κ3) is 3.79. The number of amides is 1. The lowest BCUT2D eigenvalue weighted by atomic mass is 9.96. The van der Waals surface area contributed by atoms with E-state index in [1.807, 2.05) is 0 Å². The van der Waals surface area contributed by atoms with Crippen LogP contribution in [-0.2, 0) is 4.79 Å². The highest BCUT2D eigenvalue weighted by molar-refractivity contribution is 5.78. The summed E-state index contributed by atoms with van der Waals surface area (Å²) >= 11 is 0. The van der Waals surface area contributed by atoms with Crippen molar-refractivity contribution in [2.45, 2.75) is 51.9 Å². The van der Waals surface area contributed by atoms with Crippen molar-refractivity contribution in [3.05, 3.63) is 0 Å². The van der Waals surface area contributed by atoms with Gasteiger partial charge in [0.1, 0.15) is 0 Å². The second kappa shape index (κ2) is 6.01. The van der Waals surface area contributed by atoms with E-state index in [0.29, 0.717) is 11.8 Å². The average molecular weight is 183 g/mol. The van der Waals surface area contributed by atoms with Crippen molar-refractivity contribution in [1.82, 2.24) is 5.32 Å². The standard InChI is InChI=1S/C11H21NO/c1-2-3-4-7-10-8-5-6-9-12-11(10)13/h10H,2-9H2,1H3,(H,12,13). The van der Waals surface area contributed by atoms with Crippen LogP contribution in [-0.4, -0.2) is 12.5 Å². The monoisotopic (exact) mass is 183 g/mol. The molecule has 1 saturated heterocycles. The maximum absolute atomic E-state index is 11.5. The zero-order valence-corrected chi connectivity index (χ0v) is 8.64. The fourth-order valence-electron chi connectivity index (χ4n) is 1.92. The second-order valence-corrected chi connectivity index (χ2v) is 3.98. The fraction of sp³-hybridized carbons (Fsp3) is 0.909. The minimum Gasteiger partial charge on any atom is -0.356 e. The number of rotatable bonds is 4. The van der Waals surface area contributed by atoms with E-state index in [9.17, 15) is 4.79 Å². The number of unbranched alkanes of at least 4 members (excludes halogenated alkanes) is 2. The molecule has 76 valence electrons. The molecule has 1 heterocycles. The number of hydrogen-bond acceptors (Lipinski definition) is 1. The average Bonchev–Trinajstić information content (AvgIpc) is 2.32. The van der Waals surface area contributed by atoms with Crippen LogP contribution in [0.5, 0.6) is 0 Å². The van der Waals surface area contributed by atoms with E-state index in [0.717, 1.165) is 25.8 Å². The Hall–Kier alpha value is -0.530. The van der Waals surface area contributed by atoms with Gasteiger partial charge in [0.15, 0.2) is 0 Å². The highest BCUT2D eigenvalue weighted by Crippen LogP contribution is 2.18. The molecule has 1 aliphatic rings. The van der Waals surface area contributed by atoms with Crippen LogP contribution < -0.4 is 5.32 Å². The third-order valence-corrected chi connectivity index (χ3v) is 2.81. The quantitative estimate of drug-likeness (QED) is 0.666. The molecule has 0 aromatic heterocycles. The van der Waals surface area contributed by atoms with E-state index < -0.39 is 0 Å². The summed E-state index contributed by atoms with van der Waals surface area (Å²) in [5.41, 5.74) is 0. The third-order valence-electron chi connectivity index (χ3n) is 2.81. The summed E-state index contributed by atoms with van der Waals surface area (Å²) < 4.78 is 0. The van der Waals surface area contributed by atoms with Gasteiger partial charge in [-0.3, -0.25) is 4.79 Å². The number of hydrogen-bond donors (Lipinski definition) is 1. The summed E-state index contributed by atoms with van der Waals surface area (Å²) in [5.74, 6) is 0.614. The van der Waals surface area contributed by atoms with Gasteiger partial charge in [-0.05, 0) is 19.3 Å². The summed E-state index contributed by atoms with van der Waals surface area (Å²) in [7, 11) is 0. The molecule has 1 fully saturated rings. The fourth-order valence-corrected chi connectivity index (χ4v) is 1.92. The Kier molecular flexibility index (Phi) is 4.87. The highest BCUT2D eigenvalue weighted by atomic mass is 16.1. The molecule has 0 spiro atoms. The first-order valence-electron chi connectivity index (χ1n) is 5.62. The van der Waals surface area contributed by atoms with Gasteiger partial charge in [-0.15, -0.1) is 0 Å². The van der Waals surface area contributed by atoms with Crippen LogP contribution in [0.25, 0.3) is 0 Å². The van der Waals surface area contributed by atoms with Crippen LogP contribution >= 0.6 is 0 Å². The lowest BCUT2D eigenvalue weighted by Gasteiger charge is -2.11. The molecule has 1 atom stereocenters. The summed E-state index contributed by atoms with van der Waals surface area (Å²) in [6.45, 7) is 3.09. The summed E-state index contributed by atoms with van der Waals surface area (Å²) in [4.78, 5) is 11.5. The van der Waals surface area contributed by atoms with Crippen molar-refractivity contribution < 1.29 is 4.79 Å². The number of carbonyl (C=O) groups is 1. The molecule has 1 unspecified atom stereocenters. The second-order valence-electron chi connectivity index (χ2n) is 3.98. The van der Waals surface area contributed by atoms with Crippen LogP contribution in [0.4, 0.5) is 0 Å². The van der Waals surface area contributed by atoms with E-state index in [1.165, 1.54) is 25.7 Å². The Balaban J connectivity index is 2.24. The van der Waals surface area contributed by atoms with Gasteiger partial charge in [-0.2, -0.15) is 0 Å². The van der Waals surface area contributed by atoms with Gasteiger partial charge in [0.05, 0.1) is 0 Å². The molecule has 1 N–H and O–H groups in total. The van der Waals surface area contributed by atoms with E-state index in [2.05, 4.69) is 12.2 Å². The van der Waals surface area contributed by atoms with Gasteiger partial charge in [-0.1, -0.05) is 32.6 Å². The van der Waals surface area contributed by atoms with Crippen LogP contribution in [0, 0.1) is 5.92 Å². The SMILES string of the molecule is CCCCCC1CCCCNC1=O. The number of nitrogens with one attached hydrogen (secondary N) is 1. The van der Waals surface area contributed by atoms with Crippen molar-refractivity contribution in [1.29, 1.82) is 0 Å². The van der Waals surface area contributed by atoms with Crippen LogP contribution in [0.15, 0.2) is 0 Å². The summed E-state index contributed by atoms with van der Waals surface area (Å²) in [5, 5.41) is 2.98. The molecule has 0 radical (unpaired) electrons. The first kappa shape index (κ1) is 10.6. The Labute approximate surface area is 81.1 Å². The predicted octanol–water partition coefficient (Wildman–Crippen LogP) is 2.48. The Bertz CT molecular complexity index is 156. The Morgan fingerprint density at radius 2 is 2.23 bits per heavy atom. The van der Waals surface area contributed by atoms with Gasteiger partial charge < -0.3 is 5.32 Å². The van der Waals surface area contributed by atoms with Gasteiger partial charge in [0, 0.05) is 12.5 Å². The van der Waals surface area contributed by atoms with Crippen molar-refractivity contribution in [3.8, 4) is 0 Å². The smallest absolute Gasteiger partial charge is 0.223 e. The van der Waals surface area contributed by atoms with Gasteiger partial charge in [0.25, 0.3) is 0 Å². The topological polar surface area (TPSA) is 29.1 Å². The van der Waals surface area contributed by atoms with Crippen molar-refractivity contribution in [2.75, 3.05) is 6.54 Å². The molecule has 0 bridgehead atoms. The summed E-state index contributed by atoms with van der Waals surface area (Å²) in [6.07, 6.45) is 8.31. The number of carbonyl (C=O) groups excluding carboxylic acids is 1. The van der Waals surface area contributed by atoms with Crippen LogP contribution in [0.2, 0.25) is 0 Å². The Morgan fingerprint density at radius 1 is 1.38 bits per heavy atom. The van der Waals surface area contributed by atoms with E-state index in [-0.39, 0.29) is 0 Å². The van der Waals surface area contributed by atoms with Crippen LogP contribution in [0.3, 0.4) is 0 Å². The lowest BCUT2D eigenvalue weighted by Crippen LogP contribution is -2.28. The maximum atomic E-state index is 11.5. The molecule has 1 amide bonds. The first-order valence-corrected chi connectivity index (χ1v) is 5.62. The minimum atomic E-state index is 0.300. The van der Waals surface area contributed by atoms with Crippen molar-refractivity contribution in [2.24, 2.45) is 5.92 Å². The van der Waals surface area contributed by atoms with E-state index in [1.54, 1.807) is 0 Å². The van der Waals surface area contributed by atoms with E-state index >= 15 is 0 Å². The van der Waals surface area contributed by atoms with Gasteiger partial charge >= 0.3 is 0 Å². The molecular formula is C11H21NO. The van der Waals surface area contributed by atoms with Crippen LogP contribution in [0.1, 0.15) is 51.9 Å². The molecule has 13 heavy (non-hydrogen) atoms. The van der Waals surface area contributed by atoms with E-state index in [4.69, 9.17) is 0 Å². The normalized spacial score (nSPS) is 23.8. The lowest BCUT2D eigenvalue weighted by molar-refractivity contribution is -0.124. The molecule has 0 aromatic carbocycles. The molecule has 0 aliphatic carbocycles. The Morgan fingerprint density at radius 3 is 3.00 bits per heavy atom. The first-order chi connectivity index (χ1) is 6.34. The molecule has 0 saturated carbocycles. The van der Waals surface area contributed by atoms with Crippen molar-refractivity contribution >= 4 is 5.91 Å². The predicted molar refractivity (Wildman–Crippen MR) is 54.5 cm³/mol. The highest BCUT2D eigenvalue weighted by Gasteiger charge is 2.19. The van der Waals surface area contributed by atoms with Crippen molar-refractivity contribution in [3.63, 3.8) is 0 Å². The molecule has 2 heteroatoms. The molecular weight excluding hydrogens is 162 g/mol. The zero-order chi connectivity index (χ0) is 9.52. The van der Waals surface area contributed by atoms with Gasteiger partial charge in [-0.25, -0.2) is 0 Å². The molecule has 1 rings (SSSR count). The zero-order valence-electron chi connectivity index (χ0n) is 8.64. The van der Waals surface area contributed by atoms with Gasteiger partial charge in [0.2, 0.25) is 5.91 Å². The maximum Gasteiger partial charge on any atom is 0.223 e. The minimum absolute atomic E-state index is 0.300.